The van der Waals surface area contributed by atoms with Crippen molar-refractivity contribution in [1.29, 1.82) is 0 Å². The average molecular weight is 485 g/mol. The molecule has 1 N–H and O–H groups in total. The van der Waals surface area contributed by atoms with E-state index < -0.39 is 29.8 Å². The van der Waals surface area contributed by atoms with Gasteiger partial charge in [-0.05, 0) is 73.5 Å². The number of ether oxygens (including phenoxy) is 1. The molecule has 1 heterocycles. The van der Waals surface area contributed by atoms with E-state index in [-0.39, 0.29) is 5.82 Å². The van der Waals surface area contributed by atoms with E-state index in [9.17, 15) is 22.4 Å². The van der Waals surface area contributed by atoms with Crippen molar-refractivity contribution in [2.75, 3.05) is 0 Å². The highest BCUT2D eigenvalue weighted by Crippen LogP contribution is 2.30. The van der Waals surface area contributed by atoms with E-state index in [1.807, 2.05) is 0 Å². The van der Waals surface area contributed by atoms with Gasteiger partial charge in [0, 0.05) is 12.3 Å². The van der Waals surface area contributed by atoms with Crippen molar-refractivity contribution >= 4 is 16.8 Å². The number of nitrogens with zero attached hydrogens (tertiary/aromatic N) is 2. The quantitative estimate of drug-likeness (QED) is 0.332. The van der Waals surface area contributed by atoms with Crippen molar-refractivity contribution in [3.63, 3.8) is 0 Å². The Kier molecular flexibility index (Phi) is 6.51. The second kappa shape index (κ2) is 9.40. The zero-order valence-electron chi connectivity index (χ0n) is 19.2. The van der Waals surface area contributed by atoms with Crippen molar-refractivity contribution in [1.82, 2.24) is 15.1 Å². The van der Waals surface area contributed by atoms with Gasteiger partial charge >= 0.3 is 5.92 Å². The van der Waals surface area contributed by atoms with Crippen LogP contribution in [0.15, 0.2) is 66.9 Å². The Hall–Kier alpha value is -3.88. The van der Waals surface area contributed by atoms with E-state index in [0.29, 0.717) is 34.9 Å². The monoisotopic (exact) mass is 485 g/mol. The summed E-state index contributed by atoms with van der Waals surface area (Å²) in [7, 11) is 0. The number of rotatable bonds is 7. The summed E-state index contributed by atoms with van der Waals surface area (Å²) in [5, 5.41) is 7.31. The number of hydrogen-bond acceptors (Lipinski definition) is 3. The molecule has 0 spiro atoms. The normalized spacial score (nSPS) is 13.5. The molecule has 1 amide bonds. The van der Waals surface area contributed by atoms with Gasteiger partial charge in [-0.15, -0.1) is 0 Å². The van der Waals surface area contributed by atoms with Gasteiger partial charge in [-0.3, -0.25) is 4.79 Å². The van der Waals surface area contributed by atoms with E-state index in [0.717, 1.165) is 5.52 Å². The molecule has 0 fully saturated rings. The first kappa shape index (κ1) is 24.3. The molecule has 0 saturated carbocycles. The van der Waals surface area contributed by atoms with Gasteiger partial charge in [0.15, 0.2) is 0 Å². The van der Waals surface area contributed by atoms with Crippen LogP contribution in [-0.2, 0) is 4.79 Å². The number of aryl methyl sites for hydroxylation is 1. The first-order valence-corrected chi connectivity index (χ1v) is 10.9. The summed E-state index contributed by atoms with van der Waals surface area (Å²) in [5.74, 6) is -5.51. The fourth-order valence-corrected chi connectivity index (χ4v) is 3.67. The highest BCUT2D eigenvalue weighted by molar-refractivity contribution is 5.83. The first-order chi connectivity index (χ1) is 16.5. The molecular weight excluding hydrogens is 462 g/mol. The minimum Gasteiger partial charge on any atom is -0.484 e. The molecular formula is C26H23F4N3O2. The predicted molar refractivity (Wildman–Crippen MR) is 124 cm³/mol. The Morgan fingerprint density at radius 2 is 1.77 bits per heavy atom. The number of carbonyl (C=O) groups is 1. The summed E-state index contributed by atoms with van der Waals surface area (Å²) >= 11 is 0. The lowest BCUT2D eigenvalue weighted by Gasteiger charge is -2.27. The van der Waals surface area contributed by atoms with Crippen molar-refractivity contribution in [2.24, 2.45) is 0 Å². The maximum atomic E-state index is 14.3. The van der Waals surface area contributed by atoms with E-state index in [1.165, 1.54) is 25.1 Å². The Bertz CT molecular complexity index is 1360. The smallest absolute Gasteiger partial charge is 0.321 e. The summed E-state index contributed by atoms with van der Waals surface area (Å²) in [5.41, 5.74) is 2.19. The number of hydrogen-bond donors (Lipinski definition) is 1. The molecule has 0 radical (unpaired) electrons. The van der Waals surface area contributed by atoms with Crippen LogP contribution in [0.4, 0.5) is 17.6 Å². The zero-order chi connectivity index (χ0) is 25.3. The topological polar surface area (TPSA) is 56.1 Å². The lowest BCUT2D eigenvalue weighted by atomic mass is 10.0. The Morgan fingerprint density at radius 1 is 1.06 bits per heavy atom. The number of aromatic nitrogens is 2. The van der Waals surface area contributed by atoms with Crippen molar-refractivity contribution in [3.8, 4) is 11.4 Å². The maximum absolute atomic E-state index is 14.3. The predicted octanol–water partition coefficient (Wildman–Crippen LogP) is 5.89. The van der Waals surface area contributed by atoms with Crippen LogP contribution in [0.1, 0.15) is 31.1 Å². The highest BCUT2D eigenvalue weighted by Gasteiger charge is 2.35. The largest absolute Gasteiger partial charge is 0.484 e. The number of amides is 1. The number of halogens is 4. The number of fused-ring (bicyclic) bond motifs is 1. The summed E-state index contributed by atoms with van der Waals surface area (Å²) < 4.78 is 62.3. The summed E-state index contributed by atoms with van der Waals surface area (Å²) in [6.45, 7) is 3.62. The third-order valence-corrected chi connectivity index (χ3v) is 5.61. The molecule has 0 saturated heterocycles. The lowest BCUT2D eigenvalue weighted by Crippen LogP contribution is -2.46. The second-order valence-corrected chi connectivity index (χ2v) is 8.45. The first-order valence-electron chi connectivity index (χ1n) is 10.9. The molecule has 4 rings (SSSR count). The molecule has 0 bridgehead atoms. The minimum atomic E-state index is -3.58. The van der Waals surface area contributed by atoms with Gasteiger partial charge in [0.1, 0.15) is 23.5 Å². The molecule has 3 aromatic carbocycles. The third-order valence-electron chi connectivity index (χ3n) is 5.61. The third kappa shape index (κ3) is 5.29. The van der Waals surface area contributed by atoms with Crippen LogP contribution >= 0.6 is 0 Å². The number of benzene rings is 3. The van der Waals surface area contributed by atoms with Gasteiger partial charge in [0.05, 0.1) is 23.4 Å². The Morgan fingerprint density at radius 3 is 2.43 bits per heavy atom. The van der Waals surface area contributed by atoms with Crippen LogP contribution in [0.25, 0.3) is 16.6 Å². The molecule has 0 aliphatic rings. The molecule has 5 nitrogen and oxygen atoms in total. The van der Waals surface area contributed by atoms with Crippen LogP contribution in [0.3, 0.4) is 0 Å². The van der Waals surface area contributed by atoms with Crippen molar-refractivity contribution in [3.05, 3.63) is 89.6 Å². The second-order valence-electron chi connectivity index (χ2n) is 8.45. The summed E-state index contributed by atoms with van der Waals surface area (Å²) in [4.78, 5) is 11.9. The SMILES string of the molecule is Cc1ccc(C(Oc2ccc3c(cnn3-c3ccc(F)cc3)c2)C(C)NC(=O)C(C)(F)F)cc1F. The van der Waals surface area contributed by atoms with Gasteiger partial charge in [0.2, 0.25) is 0 Å². The summed E-state index contributed by atoms with van der Waals surface area (Å²) in [6, 6.07) is 14.5. The molecule has 9 heteroatoms. The molecule has 35 heavy (non-hydrogen) atoms. The van der Waals surface area contributed by atoms with Crippen LogP contribution in [0.5, 0.6) is 5.75 Å². The molecule has 2 unspecified atom stereocenters. The molecule has 0 aliphatic carbocycles. The van der Waals surface area contributed by atoms with E-state index >= 15 is 0 Å². The molecule has 2 atom stereocenters. The molecule has 4 aromatic rings. The number of carbonyl (C=O) groups excluding carboxylic acids is 1. The van der Waals surface area contributed by atoms with Gasteiger partial charge in [0.25, 0.3) is 5.91 Å². The Balaban J connectivity index is 1.66. The van der Waals surface area contributed by atoms with E-state index in [2.05, 4.69) is 10.4 Å². The standard InChI is InChI=1S/C26H23F4N3O2/c1-15-4-5-17(13-22(15)28)24(16(2)32-25(34)26(3,29)30)35-21-10-11-23-18(12-21)14-31-33(23)20-8-6-19(27)7-9-20/h4-14,16,24H,1-3H3,(H,32,34). The maximum Gasteiger partial charge on any atom is 0.321 e. The van der Waals surface area contributed by atoms with Crippen LogP contribution < -0.4 is 10.1 Å². The van der Waals surface area contributed by atoms with E-state index in [1.54, 1.807) is 60.3 Å². The van der Waals surface area contributed by atoms with Crippen LogP contribution in [0, 0.1) is 18.6 Å². The molecule has 1 aromatic heterocycles. The van der Waals surface area contributed by atoms with Crippen molar-refractivity contribution in [2.45, 2.75) is 38.8 Å². The van der Waals surface area contributed by atoms with Crippen molar-refractivity contribution < 1.29 is 27.1 Å². The molecule has 0 aliphatic heterocycles. The Labute approximate surface area is 199 Å². The number of alkyl halides is 2. The summed E-state index contributed by atoms with van der Waals surface area (Å²) in [6.07, 6.45) is 0.649. The van der Waals surface area contributed by atoms with Crippen LogP contribution in [-0.4, -0.2) is 27.7 Å². The zero-order valence-corrected chi connectivity index (χ0v) is 19.2. The van der Waals surface area contributed by atoms with Gasteiger partial charge in [-0.1, -0.05) is 12.1 Å². The van der Waals surface area contributed by atoms with Gasteiger partial charge < -0.3 is 10.1 Å². The van der Waals surface area contributed by atoms with E-state index in [4.69, 9.17) is 4.74 Å². The highest BCUT2D eigenvalue weighted by atomic mass is 19.3. The number of nitrogens with one attached hydrogen (secondary N) is 1. The lowest BCUT2D eigenvalue weighted by molar-refractivity contribution is -0.144. The van der Waals surface area contributed by atoms with Gasteiger partial charge in [-0.25, -0.2) is 13.5 Å². The molecule has 182 valence electrons. The minimum absolute atomic E-state index is 0.360. The van der Waals surface area contributed by atoms with Gasteiger partial charge in [-0.2, -0.15) is 13.9 Å². The fourth-order valence-electron chi connectivity index (χ4n) is 3.67. The fraction of sp³-hybridized carbons (Fsp3) is 0.231. The van der Waals surface area contributed by atoms with Crippen LogP contribution in [0.2, 0.25) is 0 Å². The average Bonchev–Trinajstić information content (AvgIpc) is 3.22.